The molecule has 2 heterocycles. The predicted octanol–water partition coefficient (Wildman–Crippen LogP) is 2.21. The Kier molecular flexibility index (Phi) is 5.12. The molecule has 0 aromatic heterocycles. The highest BCUT2D eigenvalue weighted by molar-refractivity contribution is 5.85. The third kappa shape index (κ3) is 3.54. The van der Waals surface area contributed by atoms with Gasteiger partial charge in [0.1, 0.15) is 0 Å². The summed E-state index contributed by atoms with van der Waals surface area (Å²) in [5.41, 5.74) is -0.520. The summed E-state index contributed by atoms with van der Waals surface area (Å²) in [4.78, 5) is 13.7. The van der Waals surface area contributed by atoms with Gasteiger partial charge < -0.3 is 10.2 Å². The van der Waals surface area contributed by atoms with E-state index in [1.54, 1.807) is 0 Å². The first-order valence-corrected chi connectivity index (χ1v) is 6.40. The molecule has 2 rings (SSSR count). The van der Waals surface area contributed by atoms with Gasteiger partial charge in [0, 0.05) is 19.6 Å². The van der Waals surface area contributed by atoms with Crippen LogP contribution in [0.25, 0.3) is 0 Å². The van der Waals surface area contributed by atoms with E-state index in [2.05, 4.69) is 5.32 Å². The highest BCUT2D eigenvalue weighted by atomic mass is 35.5. The minimum atomic E-state index is -4.19. The molecule has 0 spiro atoms. The van der Waals surface area contributed by atoms with Crippen LogP contribution in [0.1, 0.15) is 26.2 Å². The number of alkyl halides is 3. The predicted molar refractivity (Wildman–Crippen MR) is 68.2 cm³/mol. The Labute approximate surface area is 117 Å². The van der Waals surface area contributed by atoms with E-state index in [9.17, 15) is 18.0 Å². The third-order valence-corrected chi connectivity index (χ3v) is 4.06. The van der Waals surface area contributed by atoms with E-state index in [0.29, 0.717) is 25.9 Å². The van der Waals surface area contributed by atoms with Crippen molar-refractivity contribution in [1.29, 1.82) is 0 Å². The summed E-state index contributed by atoms with van der Waals surface area (Å²) in [6.45, 7) is 3.46. The minimum Gasteiger partial charge on any atom is -0.342 e. The summed E-state index contributed by atoms with van der Waals surface area (Å²) < 4.78 is 38.1. The molecule has 1 amide bonds. The molecule has 0 aromatic rings. The number of hydrogen-bond donors (Lipinski definition) is 1. The molecule has 2 aliphatic heterocycles. The molecule has 0 bridgehead atoms. The van der Waals surface area contributed by atoms with Gasteiger partial charge in [0.25, 0.3) is 0 Å². The third-order valence-electron chi connectivity index (χ3n) is 4.06. The van der Waals surface area contributed by atoms with Gasteiger partial charge in [-0.25, -0.2) is 0 Å². The molecule has 2 aliphatic rings. The smallest absolute Gasteiger partial charge is 0.342 e. The topological polar surface area (TPSA) is 32.3 Å². The SMILES string of the molecule is CC1(C(=O)N2CCCC(C(F)(F)F)C2)CCNC1.Cl. The number of rotatable bonds is 1. The van der Waals surface area contributed by atoms with E-state index in [0.717, 1.165) is 6.54 Å². The molecule has 2 fully saturated rings. The molecular weight excluding hydrogens is 281 g/mol. The Morgan fingerprint density at radius 2 is 2.11 bits per heavy atom. The van der Waals surface area contributed by atoms with Crippen LogP contribution >= 0.6 is 12.4 Å². The maximum absolute atomic E-state index is 12.7. The van der Waals surface area contributed by atoms with E-state index < -0.39 is 17.5 Å². The lowest BCUT2D eigenvalue weighted by molar-refractivity contribution is -0.189. The molecule has 0 aromatic carbocycles. The number of carbonyl (C=O) groups is 1. The average Bonchev–Trinajstić information content (AvgIpc) is 2.75. The van der Waals surface area contributed by atoms with Gasteiger partial charge in [0.05, 0.1) is 11.3 Å². The lowest BCUT2D eigenvalue weighted by Crippen LogP contribution is -2.50. The molecule has 0 saturated carbocycles. The Morgan fingerprint density at radius 1 is 1.42 bits per heavy atom. The highest BCUT2D eigenvalue weighted by Gasteiger charge is 2.46. The van der Waals surface area contributed by atoms with Gasteiger partial charge in [0.15, 0.2) is 0 Å². The van der Waals surface area contributed by atoms with Crippen molar-refractivity contribution in [3.05, 3.63) is 0 Å². The van der Waals surface area contributed by atoms with Crippen LogP contribution in [0.4, 0.5) is 13.2 Å². The average molecular weight is 301 g/mol. The van der Waals surface area contributed by atoms with Crippen LogP contribution in [0, 0.1) is 11.3 Å². The first-order chi connectivity index (χ1) is 8.33. The van der Waals surface area contributed by atoms with E-state index in [-0.39, 0.29) is 31.3 Å². The number of nitrogens with zero attached hydrogens (tertiary/aromatic N) is 1. The fraction of sp³-hybridized carbons (Fsp3) is 0.917. The highest BCUT2D eigenvalue weighted by Crippen LogP contribution is 2.35. The van der Waals surface area contributed by atoms with Crippen molar-refractivity contribution in [2.75, 3.05) is 26.2 Å². The minimum absolute atomic E-state index is 0. The first-order valence-electron chi connectivity index (χ1n) is 6.40. The molecule has 19 heavy (non-hydrogen) atoms. The number of halogens is 4. The molecule has 7 heteroatoms. The Balaban J connectivity index is 0.00000180. The number of likely N-dealkylation sites (tertiary alicyclic amines) is 1. The molecule has 1 N–H and O–H groups in total. The van der Waals surface area contributed by atoms with E-state index in [4.69, 9.17) is 0 Å². The number of amides is 1. The fourth-order valence-corrected chi connectivity index (χ4v) is 2.81. The van der Waals surface area contributed by atoms with E-state index >= 15 is 0 Å². The van der Waals surface area contributed by atoms with Gasteiger partial charge in [-0.1, -0.05) is 0 Å². The van der Waals surface area contributed by atoms with E-state index in [1.807, 2.05) is 6.92 Å². The number of piperidine rings is 1. The zero-order valence-corrected chi connectivity index (χ0v) is 11.7. The second-order valence-corrected chi connectivity index (χ2v) is 5.62. The molecular formula is C12H20ClF3N2O. The van der Waals surface area contributed by atoms with Crippen LogP contribution in [0.5, 0.6) is 0 Å². The van der Waals surface area contributed by atoms with Crippen LogP contribution in [-0.2, 0) is 4.79 Å². The Hall–Kier alpha value is -0.490. The first kappa shape index (κ1) is 16.6. The largest absolute Gasteiger partial charge is 0.393 e. The number of carbonyl (C=O) groups excluding carboxylic acids is 1. The maximum atomic E-state index is 12.7. The Bertz CT molecular complexity index is 329. The number of hydrogen-bond acceptors (Lipinski definition) is 2. The molecule has 0 radical (unpaired) electrons. The zero-order chi connectivity index (χ0) is 13.4. The molecule has 2 atom stereocenters. The van der Waals surface area contributed by atoms with Crippen LogP contribution in [-0.4, -0.2) is 43.2 Å². The van der Waals surface area contributed by atoms with Crippen LogP contribution in [0.2, 0.25) is 0 Å². The second kappa shape index (κ2) is 5.87. The monoisotopic (exact) mass is 300 g/mol. The van der Waals surface area contributed by atoms with Crippen molar-refractivity contribution in [1.82, 2.24) is 10.2 Å². The standard InChI is InChI=1S/C12H19F3N2O.ClH/c1-11(4-5-16-8-11)10(18)17-6-2-3-9(7-17)12(13,14)15;/h9,16H,2-8H2,1H3;1H. The quantitative estimate of drug-likeness (QED) is 0.805. The number of nitrogens with one attached hydrogen (secondary N) is 1. The molecule has 2 saturated heterocycles. The van der Waals surface area contributed by atoms with Gasteiger partial charge >= 0.3 is 6.18 Å². The fourth-order valence-electron chi connectivity index (χ4n) is 2.81. The van der Waals surface area contributed by atoms with Crippen molar-refractivity contribution >= 4 is 18.3 Å². The van der Waals surface area contributed by atoms with Crippen LogP contribution in [0.3, 0.4) is 0 Å². The molecule has 3 nitrogen and oxygen atoms in total. The Morgan fingerprint density at radius 3 is 2.63 bits per heavy atom. The van der Waals surface area contributed by atoms with Gasteiger partial charge in [-0.15, -0.1) is 12.4 Å². The summed E-state index contributed by atoms with van der Waals surface area (Å²) in [6, 6.07) is 0. The van der Waals surface area contributed by atoms with Crippen molar-refractivity contribution < 1.29 is 18.0 Å². The zero-order valence-electron chi connectivity index (χ0n) is 10.9. The summed E-state index contributed by atoms with van der Waals surface area (Å²) in [5.74, 6) is -1.48. The lowest BCUT2D eigenvalue weighted by Gasteiger charge is -2.37. The van der Waals surface area contributed by atoms with Crippen LogP contribution < -0.4 is 5.32 Å². The molecule has 112 valence electrons. The molecule has 2 unspecified atom stereocenters. The van der Waals surface area contributed by atoms with Crippen molar-refractivity contribution in [3.63, 3.8) is 0 Å². The lowest BCUT2D eigenvalue weighted by atomic mass is 9.86. The van der Waals surface area contributed by atoms with Gasteiger partial charge in [-0.05, 0) is 32.7 Å². The van der Waals surface area contributed by atoms with Crippen molar-refractivity contribution in [2.45, 2.75) is 32.4 Å². The summed E-state index contributed by atoms with van der Waals surface area (Å²) in [5, 5.41) is 3.10. The van der Waals surface area contributed by atoms with Crippen molar-refractivity contribution in [3.8, 4) is 0 Å². The molecule has 0 aliphatic carbocycles. The second-order valence-electron chi connectivity index (χ2n) is 5.62. The van der Waals surface area contributed by atoms with Gasteiger partial charge in [-0.3, -0.25) is 4.79 Å². The van der Waals surface area contributed by atoms with Gasteiger partial charge in [0.2, 0.25) is 5.91 Å². The summed E-state index contributed by atoms with van der Waals surface area (Å²) in [7, 11) is 0. The normalized spacial score (nSPS) is 32.0. The summed E-state index contributed by atoms with van der Waals surface area (Å²) >= 11 is 0. The van der Waals surface area contributed by atoms with Crippen LogP contribution in [0.15, 0.2) is 0 Å². The van der Waals surface area contributed by atoms with Gasteiger partial charge in [-0.2, -0.15) is 13.2 Å². The maximum Gasteiger partial charge on any atom is 0.393 e. The van der Waals surface area contributed by atoms with E-state index in [1.165, 1.54) is 4.90 Å². The summed E-state index contributed by atoms with van der Waals surface area (Å²) in [6.07, 6.45) is -2.89. The van der Waals surface area contributed by atoms with Crippen molar-refractivity contribution in [2.24, 2.45) is 11.3 Å².